The predicted molar refractivity (Wildman–Crippen MR) is 127 cm³/mol. The van der Waals surface area contributed by atoms with E-state index in [1.165, 1.54) is 0 Å². The molecule has 3 aromatic rings. The highest BCUT2D eigenvalue weighted by atomic mass is 16.5. The molecule has 0 saturated carbocycles. The minimum atomic E-state index is -0.625. The largest absolute Gasteiger partial charge is 0.491 e. The SMILES string of the molecule is Cc1c(Cc2ccccc2)c(=O)oc2ccc(OCC(O)CN3CCC(NC=O)CC3)cc12. The van der Waals surface area contributed by atoms with E-state index in [0.29, 0.717) is 29.9 Å². The van der Waals surface area contributed by atoms with E-state index in [-0.39, 0.29) is 18.3 Å². The topological polar surface area (TPSA) is 92.0 Å². The highest BCUT2D eigenvalue weighted by molar-refractivity contribution is 5.82. The molecule has 33 heavy (non-hydrogen) atoms. The lowest BCUT2D eigenvalue weighted by atomic mass is 9.99. The summed E-state index contributed by atoms with van der Waals surface area (Å²) in [7, 11) is 0. The number of nitrogens with one attached hydrogen (secondary N) is 1. The van der Waals surface area contributed by atoms with Gasteiger partial charge in [-0.2, -0.15) is 0 Å². The Balaban J connectivity index is 1.40. The molecule has 1 amide bonds. The zero-order chi connectivity index (χ0) is 23.2. The van der Waals surface area contributed by atoms with Crippen molar-refractivity contribution in [3.8, 4) is 5.75 Å². The fourth-order valence-corrected chi connectivity index (χ4v) is 4.38. The van der Waals surface area contributed by atoms with Crippen molar-refractivity contribution in [1.82, 2.24) is 10.2 Å². The van der Waals surface area contributed by atoms with Crippen LogP contribution in [0.3, 0.4) is 0 Å². The molecular formula is C26H30N2O5. The number of fused-ring (bicyclic) bond motifs is 1. The first kappa shape index (κ1) is 23.0. The van der Waals surface area contributed by atoms with Gasteiger partial charge in [-0.1, -0.05) is 30.3 Å². The van der Waals surface area contributed by atoms with Crippen molar-refractivity contribution < 1.29 is 19.1 Å². The number of piperidine rings is 1. The number of ether oxygens (including phenoxy) is 1. The standard InChI is InChI=1S/C26H30N2O5/c1-18-23-14-22(32-16-21(30)15-28-11-9-20(10-12-28)27-17-29)7-8-25(23)33-26(31)24(18)13-19-5-3-2-4-6-19/h2-8,14,17,20-21,30H,9-13,15-16H2,1H3,(H,27,29). The first-order chi connectivity index (χ1) is 16.0. The molecule has 1 aromatic heterocycles. The van der Waals surface area contributed by atoms with Crippen LogP contribution in [0.15, 0.2) is 57.7 Å². The molecule has 2 aromatic carbocycles. The molecule has 1 aliphatic rings. The molecule has 4 rings (SSSR count). The second-order valence-electron chi connectivity index (χ2n) is 8.64. The van der Waals surface area contributed by atoms with E-state index >= 15 is 0 Å². The minimum Gasteiger partial charge on any atom is -0.491 e. The van der Waals surface area contributed by atoms with E-state index in [2.05, 4.69) is 10.2 Å². The van der Waals surface area contributed by atoms with Gasteiger partial charge in [0.05, 0.1) is 0 Å². The Morgan fingerprint density at radius 2 is 1.97 bits per heavy atom. The molecular weight excluding hydrogens is 420 g/mol. The third-order valence-electron chi connectivity index (χ3n) is 6.28. The molecule has 1 aliphatic heterocycles. The number of aliphatic hydroxyl groups is 1. The first-order valence-electron chi connectivity index (χ1n) is 11.4. The van der Waals surface area contributed by atoms with Gasteiger partial charge in [0.2, 0.25) is 6.41 Å². The van der Waals surface area contributed by atoms with Crippen molar-refractivity contribution in [3.05, 3.63) is 75.6 Å². The minimum absolute atomic E-state index is 0.171. The molecule has 2 heterocycles. The van der Waals surface area contributed by atoms with Crippen LogP contribution in [0.4, 0.5) is 0 Å². The molecule has 2 N–H and O–H groups in total. The molecule has 7 nitrogen and oxygen atoms in total. The van der Waals surface area contributed by atoms with Crippen LogP contribution in [0.2, 0.25) is 0 Å². The Kier molecular flexibility index (Phi) is 7.42. The van der Waals surface area contributed by atoms with Crippen molar-refractivity contribution in [2.75, 3.05) is 26.2 Å². The summed E-state index contributed by atoms with van der Waals surface area (Å²) < 4.78 is 11.4. The predicted octanol–water partition coefficient (Wildman–Crippen LogP) is 2.64. The van der Waals surface area contributed by atoms with Crippen molar-refractivity contribution >= 4 is 17.4 Å². The molecule has 0 spiro atoms. The van der Waals surface area contributed by atoms with Gasteiger partial charge in [0.25, 0.3) is 0 Å². The number of aliphatic hydroxyl groups excluding tert-OH is 1. The van der Waals surface area contributed by atoms with E-state index in [1.807, 2.05) is 43.3 Å². The lowest BCUT2D eigenvalue weighted by Crippen LogP contribution is -2.45. The van der Waals surface area contributed by atoms with Gasteiger partial charge in [0, 0.05) is 43.0 Å². The summed E-state index contributed by atoms with van der Waals surface area (Å²) in [6, 6.07) is 15.4. The van der Waals surface area contributed by atoms with Gasteiger partial charge in [-0.3, -0.25) is 4.79 Å². The van der Waals surface area contributed by atoms with Crippen molar-refractivity contribution in [2.45, 2.75) is 38.3 Å². The number of likely N-dealkylation sites (tertiary alicyclic amines) is 1. The first-order valence-corrected chi connectivity index (χ1v) is 11.4. The quantitative estimate of drug-likeness (QED) is 0.385. The summed E-state index contributed by atoms with van der Waals surface area (Å²) >= 11 is 0. The number of β-amino-alcohol motifs (C(OH)–C–C–N with tert-alkyl or cyclic N) is 1. The number of carbonyl (C=O) groups is 1. The van der Waals surface area contributed by atoms with E-state index in [4.69, 9.17) is 9.15 Å². The monoisotopic (exact) mass is 450 g/mol. The molecule has 0 bridgehead atoms. The van der Waals surface area contributed by atoms with Crippen LogP contribution >= 0.6 is 0 Å². The van der Waals surface area contributed by atoms with Crippen LogP contribution in [0.1, 0.15) is 29.5 Å². The molecule has 1 unspecified atom stereocenters. The zero-order valence-corrected chi connectivity index (χ0v) is 18.8. The second-order valence-corrected chi connectivity index (χ2v) is 8.64. The molecule has 0 radical (unpaired) electrons. The van der Waals surface area contributed by atoms with Crippen LogP contribution < -0.4 is 15.7 Å². The number of aryl methyl sites for hydroxylation is 1. The van der Waals surface area contributed by atoms with Crippen molar-refractivity contribution in [2.24, 2.45) is 0 Å². The van der Waals surface area contributed by atoms with Gasteiger partial charge in [-0.15, -0.1) is 0 Å². The highest BCUT2D eigenvalue weighted by Gasteiger charge is 2.21. The van der Waals surface area contributed by atoms with Crippen molar-refractivity contribution in [1.29, 1.82) is 0 Å². The van der Waals surface area contributed by atoms with Gasteiger partial charge in [-0.05, 0) is 49.1 Å². The lowest BCUT2D eigenvalue weighted by Gasteiger charge is -2.32. The van der Waals surface area contributed by atoms with Gasteiger partial charge in [0.1, 0.15) is 24.0 Å². The Morgan fingerprint density at radius 3 is 2.70 bits per heavy atom. The zero-order valence-electron chi connectivity index (χ0n) is 18.8. The van der Waals surface area contributed by atoms with Crippen LogP contribution in [-0.4, -0.2) is 54.8 Å². The second kappa shape index (κ2) is 10.6. The maximum atomic E-state index is 12.5. The number of carbonyl (C=O) groups excluding carboxylic acids is 1. The molecule has 174 valence electrons. The third-order valence-corrected chi connectivity index (χ3v) is 6.28. The van der Waals surface area contributed by atoms with Crippen LogP contribution in [-0.2, 0) is 11.2 Å². The molecule has 0 aliphatic carbocycles. The third kappa shape index (κ3) is 5.80. The maximum absolute atomic E-state index is 12.5. The fraction of sp³-hybridized carbons (Fsp3) is 0.385. The number of rotatable bonds is 9. The Labute approximate surface area is 193 Å². The average molecular weight is 451 g/mol. The van der Waals surface area contributed by atoms with E-state index < -0.39 is 6.10 Å². The van der Waals surface area contributed by atoms with Gasteiger partial charge in [-0.25, -0.2) is 4.79 Å². The van der Waals surface area contributed by atoms with Gasteiger partial charge in [0.15, 0.2) is 0 Å². The lowest BCUT2D eigenvalue weighted by molar-refractivity contribution is -0.110. The number of nitrogens with zero attached hydrogens (tertiary/aromatic N) is 1. The molecule has 1 saturated heterocycles. The Bertz CT molecular complexity index is 1140. The summed E-state index contributed by atoms with van der Waals surface area (Å²) in [6.07, 6.45) is 2.40. The van der Waals surface area contributed by atoms with Gasteiger partial charge < -0.3 is 24.5 Å². The Hall–Kier alpha value is -3.16. The number of amides is 1. The summed E-state index contributed by atoms with van der Waals surface area (Å²) in [5, 5.41) is 14.1. The van der Waals surface area contributed by atoms with Crippen LogP contribution in [0.25, 0.3) is 11.0 Å². The van der Waals surface area contributed by atoms with E-state index in [9.17, 15) is 14.7 Å². The average Bonchev–Trinajstić information content (AvgIpc) is 2.83. The fourth-order valence-electron chi connectivity index (χ4n) is 4.38. The van der Waals surface area contributed by atoms with Crippen LogP contribution in [0.5, 0.6) is 5.75 Å². The van der Waals surface area contributed by atoms with Gasteiger partial charge >= 0.3 is 5.63 Å². The Morgan fingerprint density at radius 1 is 1.21 bits per heavy atom. The number of hydrogen-bond donors (Lipinski definition) is 2. The maximum Gasteiger partial charge on any atom is 0.340 e. The molecule has 1 fully saturated rings. The normalized spacial score (nSPS) is 15.9. The smallest absolute Gasteiger partial charge is 0.340 e. The summed E-state index contributed by atoms with van der Waals surface area (Å²) in [5.74, 6) is 0.623. The van der Waals surface area contributed by atoms with Crippen molar-refractivity contribution in [3.63, 3.8) is 0 Å². The van der Waals surface area contributed by atoms with E-state index in [1.54, 1.807) is 12.1 Å². The molecule has 1 atom stereocenters. The van der Waals surface area contributed by atoms with E-state index in [0.717, 1.165) is 48.9 Å². The number of hydrogen-bond acceptors (Lipinski definition) is 6. The van der Waals surface area contributed by atoms with Crippen LogP contribution in [0, 0.1) is 6.92 Å². The molecule has 7 heteroatoms. The number of benzene rings is 2. The summed E-state index contributed by atoms with van der Waals surface area (Å²) in [6.45, 7) is 4.29. The summed E-state index contributed by atoms with van der Waals surface area (Å²) in [5.41, 5.74) is 2.77. The highest BCUT2D eigenvalue weighted by Crippen LogP contribution is 2.26. The summed E-state index contributed by atoms with van der Waals surface area (Å²) in [4.78, 5) is 25.3.